The van der Waals surface area contributed by atoms with Gasteiger partial charge in [0.05, 0.1) is 13.1 Å². The molecule has 0 amide bonds. The van der Waals surface area contributed by atoms with Crippen LogP contribution in [-0.4, -0.2) is 15.6 Å². The van der Waals surface area contributed by atoms with Crippen molar-refractivity contribution in [3.05, 3.63) is 51.6 Å². The average molecular weight is 275 g/mol. The Morgan fingerprint density at radius 2 is 2.00 bits per heavy atom. The third kappa shape index (κ3) is 3.57. The van der Waals surface area contributed by atoms with Crippen LogP contribution < -0.4 is 10.9 Å². The van der Waals surface area contributed by atoms with Crippen LogP contribution in [0.5, 0.6) is 0 Å². The zero-order chi connectivity index (χ0) is 14.7. The lowest BCUT2D eigenvalue weighted by molar-refractivity contribution is 0.423. The number of hydrogen-bond acceptors (Lipinski definition) is 4. The standard InChI is InChI=1S/C15H21N3O2/c1-10(2)16-8-13-5-6-14(20-13)9-18-12(4)17-11(3)7-15(18)19/h5-7,10,16H,8-9H2,1-4H3. The van der Waals surface area contributed by atoms with Gasteiger partial charge in [0, 0.05) is 17.8 Å². The average Bonchev–Trinajstić information content (AvgIpc) is 2.79. The first-order valence-corrected chi connectivity index (χ1v) is 6.82. The molecule has 0 aliphatic carbocycles. The molecule has 108 valence electrons. The molecule has 0 bridgehead atoms. The van der Waals surface area contributed by atoms with E-state index < -0.39 is 0 Å². The van der Waals surface area contributed by atoms with E-state index in [1.54, 1.807) is 4.57 Å². The molecule has 2 aromatic rings. The molecular formula is C15H21N3O2. The summed E-state index contributed by atoms with van der Waals surface area (Å²) < 4.78 is 7.34. The van der Waals surface area contributed by atoms with Crippen molar-refractivity contribution >= 4 is 0 Å². The molecule has 0 radical (unpaired) electrons. The van der Waals surface area contributed by atoms with E-state index in [4.69, 9.17) is 4.42 Å². The lowest BCUT2D eigenvalue weighted by atomic mass is 10.3. The van der Waals surface area contributed by atoms with E-state index in [1.807, 2.05) is 26.0 Å². The summed E-state index contributed by atoms with van der Waals surface area (Å²) in [5.41, 5.74) is 0.693. The molecule has 5 heteroatoms. The summed E-state index contributed by atoms with van der Waals surface area (Å²) in [6.07, 6.45) is 0. The first-order chi connectivity index (χ1) is 9.45. The molecule has 20 heavy (non-hydrogen) atoms. The van der Waals surface area contributed by atoms with Crippen LogP contribution >= 0.6 is 0 Å². The number of aromatic nitrogens is 2. The van der Waals surface area contributed by atoms with Crippen molar-refractivity contribution in [1.82, 2.24) is 14.9 Å². The molecule has 2 heterocycles. The third-order valence-corrected chi connectivity index (χ3v) is 3.04. The number of nitrogens with zero attached hydrogens (tertiary/aromatic N) is 2. The quantitative estimate of drug-likeness (QED) is 0.906. The van der Waals surface area contributed by atoms with Crippen LogP contribution in [0.1, 0.15) is 36.9 Å². The van der Waals surface area contributed by atoms with Gasteiger partial charge in [-0.3, -0.25) is 9.36 Å². The van der Waals surface area contributed by atoms with Gasteiger partial charge < -0.3 is 9.73 Å². The minimum Gasteiger partial charge on any atom is -0.463 e. The van der Waals surface area contributed by atoms with Crippen molar-refractivity contribution in [2.24, 2.45) is 0 Å². The number of aryl methyl sites for hydroxylation is 2. The Morgan fingerprint density at radius 3 is 2.65 bits per heavy atom. The molecule has 1 N–H and O–H groups in total. The van der Waals surface area contributed by atoms with E-state index in [9.17, 15) is 4.79 Å². The molecule has 2 aromatic heterocycles. The Balaban J connectivity index is 2.13. The smallest absolute Gasteiger partial charge is 0.254 e. The highest BCUT2D eigenvalue weighted by Crippen LogP contribution is 2.10. The Kier molecular flexibility index (Phi) is 4.39. The summed E-state index contributed by atoms with van der Waals surface area (Å²) >= 11 is 0. The zero-order valence-corrected chi connectivity index (χ0v) is 12.4. The molecule has 5 nitrogen and oxygen atoms in total. The van der Waals surface area contributed by atoms with Gasteiger partial charge in [-0.15, -0.1) is 0 Å². The highest BCUT2D eigenvalue weighted by atomic mass is 16.3. The van der Waals surface area contributed by atoms with E-state index in [1.165, 1.54) is 6.07 Å². The van der Waals surface area contributed by atoms with Crippen molar-refractivity contribution in [1.29, 1.82) is 0 Å². The Morgan fingerprint density at radius 1 is 1.30 bits per heavy atom. The molecule has 0 saturated carbocycles. The molecule has 0 aliphatic heterocycles. The summed E-state index contributed by atoms with van der Waals surface area (Å²) in [5, 5.41) is 3.29. The predicted molar refractivity (Wildman–Crippen MR) is 77.8 cm³/mol. The van der Waals surface area contributed by atoms with Crippen molar-refractivity contribution < 1.29 is 4.42 Å². The molecular weight excluding hydrogens is 254 g/mol. The fourth-order valence-electron chi connectivity index (χ4n) is 2.02. The van der Waals surface area contributed by atoms with Crippen molar-refractivity contribution in [2.45, 2.75) is 46.8 Å². The van der Waals surface area contributed by atoms with Crippen LogP contribution in [0.25, 0.3) is 0 Å². The van der Waals surface area contributed by atoms with Crippen molar-refractivity contribution in [3.63, 3.8) is 0 Å². The summed E-state index contributed by atoms with van der Waals surface area (Å²) in [5.74, 6) is 2.34. The zero-order valence-electron chi connectivity index (χ0n) is 12.4. The Labute approximate surface area is 118 Å². The fourth-order valence-corrected chi connectivity index (χ4v) is 2.02. The first kappa shape index (κ1) is 14.5. The van der Waals surface area contributed by atoms with Crippen LogP contribution in [0.3, 0.4) is 0 Å². The SMILES string of the molecule is Cc1cc(=O)n(Cc2ccc(CNC(C)C)o2)c(C)n1. The molecule has 0 saturated heterocycles. The van der Waals surface area contributed by atoms with Gasteiger partial charge in [0.2, 0.25) is 0 Å². The van der Waals surface area contributed by atoms with Crippen molar-refractivity contribution in [2.75, 3.05) is 0 Å². The van der Waals surface area contributed by atoms with Gasteiger partial charge in [-0.1, -0.05) is 13.8 Å². The molecule has 0 aliphatic rings. The van der Waals surface area contributed by atoms with Gasteiger partial charge in [-0.25, -0.2) is 4.98 Å². The summed E-state index contributed by atoms with van der Waals surface area (Å²) in [6, 6.07) is 5.79. The van der Waals surface area contributed by atoms with Crippen LogP contribution in [0.15, 0.2) is 27.4 Å². The second-order valence-corrected chi connectivity index (χ2v) is 5.27. The topological polar surface area (TPSA) is 60.1 Å². The molecule has 2 rings (SSSR count). The highest BCUT2D eigenvalue weighted by Gasteiger charge is 2.08. The van der Waals surface area contributed by atoms with E-state index >= 15 is 0 Å². The Bertz CT molecular complexity index is 641. The van der Waals surface area contributed by atoms with Crippen LogP contribution in [-0.2, 0) is 13.1 Å². The highest BCUT2D eigenvalue weighted by molar-refractivity contribution is 5.10. The number of nitrogens with one attached hydrogen (secondary N) is 1. The molecule has 0 aromatic carbocycles. The minimum absolute atomic E-state index is 0.0479. The first-order valence-electron chi connectivity index (χ1n) is 6.82. The van der Waals surface area contributed by atoms with Crippen LogP contribution in [0.2, 0.25) is 0 Å². The summed E-state index contributed by atoms with van der Waals surface area (Å²) in [6.45, 7) is 8.94. The molecule has 0 unspecified atom stereocenters. The maximum absolute atomic E-state index is 12.0. The van der Waals surface area contributed by atoms with Gasteiger partial charge in [-0.2, -0.15) is 0 Å². The lowest BCUT2D eigenvalue weighted by Crippen LogP contribution is -2.24. The molecule has 0 fully saturated rings. The molecule has 0 spiro atoms. The summed E-state index contributed by atoms with van der Waals surface area (Å²) in [7, 11) is 0. The number of furan rings is 1. The van der Waals surface area contributed by atoms with Crippen molar-refractivity contribution in [3.8, 4) is 0 Å². The maximum atomic E-state index is 12.0. The van der Waals surface area contributed by atoms with Gasteiger partial charge >= 0.3 is 0 Å². The third-order valence-electron chi connectivity index (χ3n) is 3.04. The van der Waals surface area contributed by atoms with Crippen LogP contribution in [0.4, 0.5) is 0 Å². The summed E-state index contributed by atoms with van der Waals surface area (Å²) in [4.78, 5) is 16.3. The maximum Gasteiger partial charge on any atom is 0.254 e. The van der Waals surface area contributed by atoms with Gasteiger partial charge in [-0.05, 0) is 26.0 Å². The predicted octanol–water partition coefficient (Wildman–Crippen LogP) is 2.00. The number of hydrogen-bond donors (Lipinski definition) is 1. The number of rotatable bonds is 5. The van der Waals surface area contributed by atoms with Gasteiger partial charge in [0.25, 0.3) is 5.56 Å². The molecule has 0 atom stereocenters. The lowest BCUT2D eigenvalue weighted by Gasteiger charge is -2.08. The van der Waals surface area contributed by atoms with E-state index in [0.29, 0.717) is 25.0 Å². The van der Waals surface area contributed by atoms with E-state index in [0.717, 1.165) is 17.2 Å². The monoisotopic (exact) mass is 275 g/mol. The Hall–Kier alpha value is -1.88. The largest absolute Gasteiger partial charge is 0.463 e. The van der Waals surface area contributed by atoms with E-state index in [2.05, 4.69) is 24.1 Å². The van der Waals surface area contributed by atoms with E-state index in [-0.39, 0.29) is 5.56 Å². The van der Waals surface area contributed by atoms with Gasteiger partial charge in [0.1, 0.15) is 17.3 Å². The second kappa shape index (κ2) is 6.05. The fraction of sp³-hybridized carbons (Fsp3) is 0.467. The van der Waals surface area contributed by atoms with Crippen LogP contribution in [0, 0.1) is 13.8 Å². The normalized spacial score (nSPS) is 11.2. The van der Waals surface area contributed by atoms with Gasteiger partial charge in [0.15, 0.2) is 0 Å². The minimum atomic E-state index is -0.0479. The second-order valence-electron chi connectivity index (χ2n) is 5.27.